The molecule has 128 valence electrons. The number of likely N-dealkylation sites (tertiary alicyclic amines) is 1. The predicted molar refractivity (Wildman–Crippen MR) is 97.3 cm³/mol. The number of carbonyl (C=O) groups excluding carboxylic acids is 1. The number of aromatic nitrogens is 3. The van der Waals surface area contributed by atoms with E-state index in [0.717, 1.165) is 44.3 Å². The second kappa shape index (κ2) is 7.05. The highest BCUT2D eigenvalue weighted by atomic mass is 16.2. The molecule has 0 radical (unpaired) electrons. The smallest absolute Gasteiger partial charge is 0.271 e. The average molecular weight is 334 g/mol. The van der Waals surface area contributed by atoms with Crippen LogP contribution in [0.3, 0.4) is 0 Å². The highest BCUT2D eigenvalue weighted by molar-refractivity contribution is 5.92. The standard InChI is InChI=1S/C20H22N4O/c25-20(18-8-11-22-23-18)24-12-3-4-15(9-13-24)14-17-6-1-5-16-7-2-10-21-19(16)17/h1-2,5-8,10-11,15H,3-4,9,12-14H2,(H,22,23). The number of nitrogens with zero attached hydrogens (tertiary/aromatic N) is 3. The van der Waals surface area contributed by atoms with Crippen LogP contribution in [-0.4, -0.2) is 39.1 Å². The molecule has 1 aliphatic rings. The first-order valence-corrected chi connectivity index (χ1v) is 8.92. The summed E-state index contributed by atoms with van der Waals surface area (Å²) in [5, 5.41) is 7.86. The molecule has 0 saturated carbocycles. The Morgan fingerprint density at radius 2 is 2.04 bits per heavy atom. The van der Waals surface area contributed by atoms with Gasteiger partial charge in [-0.15, -0.1) is 0 Å². The van der Waals surface area contributed by atoms with E-state index >= 15 is 0 Å². The van der Waals surface area contributed by atoms with Gasteiger partial charge in [0.2, 0.25) is 0 Å². The molecule has 1 aromatic carbocycles. The zero-order chi connectivity index (χ0) is 17.1. The summed E-state index contributed by atoms with van der Waals surface area (Å²) in [6.07, 6.45) is 7.74. The van der Waals surface area contributed by atoms with Crippen molar-refractivity contribution >= 4 is 16.8 Å². The fraction of sp³-hybridized carbons (Fsp3) is 0.350. The van der Waals surface area contributed by atoms with Gasteiger partial charge in [-0.3, -0.25) is 14.9 Å². The minimum atomic E-state index is 0.0602. The Morgan fingerprint density at radius 3 is 2.92 bits per heavy atom. The van der Waals surface area contributed by atoms with Crippen LogP contribution in [-0.2, 0) is 6.42 Å². The first-order valence-electron chi connectivity index (χ1n) is 8.92. The lowest BCUT2D eigenvalue weighted by molar-refractivity contribution is 0.0754. The van der Waals surface area contributed by atoms with Gasteiger partial charge in [-0.25, -0.2) is 0 Å². The number of rotatable bonds is 3. The van der Waals surface area contributed by atoms with E-state index in [1.807, 2.05) is 17.2 Å². The number of pyridine rings is 1. The summed E-state index contributed by atoms with van der Waals surface area (Å²) >= 11 is 0. The Hall–Kier alpha value is -2.69. The third-order valence-corrected chi connectivity index (χ3v) is 5.09. The largest absolute Gasteiger partial charge is 0.337 e. The van der Waals surface area contributed by atoms with Gasteiger partial charge in [-0.2, -0.15) is 5.10 Å². The van der Waals surface area contributed by atoms with E-state index in [1.54, 1.807) is 12.3 Å². The lowest BCUT2D eigenvalue weighted by Crippen LogP contribution is -2.32. The van der Waals surface area contributed by atoms with Gasteiger partial charge >= 0.3 is 0 Å². The van der Waals surface area contributed by atoms with E-state index in [9.17, 15) is 4.79 Å². The summed E-state index contributed by atoms with van der Waals surface area (Å²) in [5.41, 5.74) is 3.01. The minimum Gasteiger partial charge on any atom is -0.337 e. The van der Waals surface area contributed by atoms with Crippen LogP contribution in [0.5, 0.6) is 0 Å². The van der Waals surface area contributed by atoms with E-state index in [2.05, 4.69) is 39.4 Å². The molecule has 5 heteroatoms. The lowest BCUT2D eigenvalue weighted by atomic mass is 9.91. The average Bonchev–Trinajstić information content (AvgIpc) is 3.09. The summed E-state index contributed by atoms with van der Waals surface area (Å²) in [5.74, 6) is 0.650. The van der Waals surface area contributed by atoms with Crippen LogP contribution < -0.4 is 0 Å². The molecule has 25 heavy (non-hydrogen) atoms. The van der Waals surface area contributed by atoms with Gasteiger partial charge in [0.05, 0.1) is 5.52 Å². The summed E-state index contributed by atoms with van der Waals surface area (Å²) in [4.78, 5) is 19.0. The number of para-hydroxylation sites is 1. The van der Waals surface area contributed by atoms with Gasteiger partial charge in [0.25, 0.3) is 5.91 Å². The van der Waals surface area contributed by atoms with Gasteiger partial charge in [-0.1, -0.05) is 24.3 Å². The molecule has 0 aliphatic carbocycles. The van der Waals surface area contributed by atoms with Crippen LogP contribution in [0, 0.1) is 5.92 Å². The third-order valence-electron chi connectivity index (χ3n) is 5.09. The highest BCUT2D eigenvalue weighted by Gasteiger charge is 2.22. The Morgan fingerprint density at radius 1 is 1.12 bits per heavy atom. The molecule has 4 rings (SSSR count). The quantitative estimate of drug-likeness (QED) is 0.798. The molecule has 0 spiro atoms. The van der Waals surface area contributed by atoms with Crippen LogP contribution in [0.15, 0.2) is 48.8 Å². The summed E-state index contributed by atoms with van der Waals surface area (Å²) in [7, 11) is 0. The number of hydrogen-bond acceptors (Lipinski definition) is 3. The van der Waals surface area contributed by atoms with Crippen molar-refractivity contribution in [2.24, 2.45) is 5.92 Å². The molecule has 3 aromatic rings. The molecule has 3 heterocycles. The number of benzene rings is 1. The molecule has 1 saturated heterocycles. The number of aromatic amines is 1. The Kier molecular flexibility index (Phi) is 4.46. The molecule has 5 nitrogen and oxygen atoms in total. The van der Waals surface area contributed by atoms with Crippen molar-refractivity contribution in [1.29, 1.82) is 0 Å². The number of fused-ring (bicyclic) bond motifs is 1. The minimum absolute atomic E-state index is 0.0602. The van der Waals surface area contributed by atoms with Crippen LogP contribution >= 0.6 is 0 Å². The van der Waals surface area contributed by atoms with Crippen molar-refractivity contribution < 1.29 is 4.79 Å². The van der Waals surface area contributed by atoms with Gasteiger partial charge in [-0.05, 0) is 49.3 Å². The van der Waals surface area contributed by atoms with Crippen LogP contribution in [0.2, 0.25) is 0 Å². The van der Waals surface area contributed by atoms with Crippen molar-refractivity contribution in [2.75, 3.05) is 13.1 Å². The number of H-pyrrole nitrogens is 1. The van der Waals surface area contributed by atoms with Crippen molar-refractivity contribution in [3.05, 3.63) is 60.0 Å². The predicted octanol–water partition coefficient (Wildman–Crippen LogP) is 3.44. The molecule has 1 unspecified atom stereocenters. The normalized spacial score (nSPS) is 18.2. The van der Waals surface area contributed by atoms with Crippen molar-refractivity contribution in [3.63, 3.8) is 0 Å². The molecule has 1 N–H and O–H groups in total. The molecular formula is C20H22N4O. The van der Waals surface area contributed by atoms with Crippen LogP contribution in [0.4, 0.5) is 0 Å². The first kappa shape index (κ1) is 15.8. The van der Waals surface area contributed by atoms with E-state index in [-0.39, 0.29) is 5.91 Å². The number of nitrogens with one attached hydrogen (secondary N) is 1. The maximum absolute atomic E-state index is 12.5. The van der Waals surface area contributed by atoms with Gasteiger partial charge in [0.1, 0.15) is 5.69 Å². The summed E-state index contributed by atoms with van der Waals surface area (Å²) in [6, 6.07) is 12.3. The second-order valence-corrected chi connectivity index (χ2v) is 6.76. The monoisotopic (exact) mass is 334 g/mol. The SMILES string of the molecule is O=C(c1ccn[nH]1)N1CCCC(Cc2cccc3cccnc23)CC1. The Balaban J connectivity index is 1.45. The van der Waals surface area contributed by atoms with Crippen LogP contribution in [0.1, 0.15) is 35.3 Å². The highest BCUT2D eigenvalue weighted by Crippen LogP contribution is 2.25. The van der Waals surface area contributed by atoms with E-state index < -0.39 is 0 Å². The first-order chi connectivity index (χ1) is 12.3. The van der Waals surface area contributed by atoms with Gasteiger partial charge < -0.3 is 4.90 Å². The van der Waals surface area contributed by atoms with Gasteiger partial charge in [0.15, 0.2) is 0 Å². The molecule has 2 aromatic heterocycles. The second-order valence-electron chi connectivity index (χ2n) is 6.76. The number of hydrogen-bond donors (Lipinski definition) is 1. The zero-order valence-corrected chi connectivity index (χ0v) is 14.2. The Labute approximate surface area is 147 Å². The number of amides is 1. The summed E-state index contributed by atoms with van der Waals surface area (Å²) < 4.78 is 0. The lowest BCUT2D eigenvalue weighted by Gasteiger charge is -2.20. The van der Waals surface area contributed by atoms with Crippen LogP contribution in [0.25, 0.3) is 10.9 Å². The zero-order valence-electron chi connectivity index (χ0n) is 14.2. The van der Waals surface area contributed by atoms with Crippen molar-refractivity contribution in [2.45, 2.75) is 25.7 Å². The fourth-order valence-electron chi connectivity index (χ4n) is 3.76. The molecule has 0 bridgehead atoms. The molecule has 1 aliphatic heterocycles. The summed E-state index contributed by atoms with van der Waals surface area (Å²) in [6.45, 7) is 1.63. The number of carbonyl (C=O) groups is 1. The maximum atomic E-state index is 12.5. The molecular weight excluding hydrogens is 312 g/mol. The van der Waals surface area contributed by atoms with Gasteiger partial charge in [0, 0.05) is 30.9 Å². The van der Waals surface area contributed by atoms with Crippen molar-refractivity contribution in [1.82, 2.24) is 20.1 Å². The maximum Gasteiger partial charge on any atom is 0.271 e. The van der Waals surface area contributed by atoms with E-state index in [1.165, 1.54) is 10.9 Å². The third kappa shape index (κ3) is 3.40. The Bertz CT molecular complexity index is 854. The van der Waals surface area contributed by atoms with Crippen molar-refractivity contribution in [3.8, 4) is 0 Å². The molecule has 1 amide bonds. The molecule has 1 fully saturated rings. The van der Waals surface area contributed by atoms with E-state index in [4.69, 9.17) is 0 Å². The molecule has 1 atom stereocenters. The fourth-order valence-corrected chi connectivity index (χ4v) is 3.76. The topological polar surface area (TPSA) is 61.9 Å². The van der Waals surface area contributed by atoms with E-state index in [0.29, 0.717) is 11.6 Å².